The molecular formula is C31H35N5O3S2. The van der Waals surface area contributed by atoms with Crippen LogP contribution >= 0.6 is 12.2 Å². The summed E-state index contributed by atoms with van der Waals surface area (Å²) in [6, 6.07) is 19.4. The van der Waals surface area contributed by atoms with Crippen molar-refractivity contribution in [2.45, 2.75) is 46.2 Å². The minimum Gasteiger partial charge on any atom is -0.495 e. The zero-order valence-electron chi connectivity index (χ0n) is 24.1. The molecule has 3 heterocycles. The van der Waals surface area contributed by atoms with Crippen LogP contribution in [0.15, 0.2) is 66.9 Å². The molecule has 8 nitrogen and oxygen atoms in total. The van der Waals surface area contributed by atoms with Crippen molar-refractivity contribution in [1.29, 1.82) is 0 Å². The van der Waals surface area contributed by atoms with Gasteiger partial charge in [-0.05, 0) is 92.5 Å². The Hall–Kier alpha value is -3.89. The van der Waals surface area contributed by atoms with Gasteiger partial charge in [-0.3, -0.25) is 9.71 Å². The number of aryl methyl sites for hydroxylation is 3. The molecule has 0 bridgehead atoms. The molecule has 0 unspecified atom stereocenters. The Morgan fingerprint density at radius 2 is 1.85 bits per heavy atom. The molecule has 1 aliphatic rings. The van der Waals surface area contributed by atoms with Gasteiger partial charge in [-0.1, -0.05) is 31.2 Å². The minimum absolute atomic E-state index is 0.242. The number of hydrogen-bond donors (Lipinski definition) is 2. The second-order valence-electron chi connectivity index (χ2n) is 10.4. The Morgan fingerprint density at radius 1 is 1.07 bits per heavy atom. The Kier molecular flexibility index (Phi) is 7.80. The predicted molar refractivity (Wildman–Crippen MR) is 169 cm³/mol. The molecule has 0 aliphatic carbocycles. The number of sulfonamides is 1. The van der Waals surface area contributed by atoms with Crippen LogP contribution in [-0.2, 0) is 16.4 Å². The van der Waals surface area contributed by atoms with Gasteiger partial charge in [-0.25, -0.2) is 8.42 Å². The van der Waals surface area contributed by atoms with E-state index in [0.29, 0.717) is 16.5 Å². The highest BCUT2D eigenvalue weighted by Gasteiger charge is 2.42. The summed E-state index contributed by atoms with van der Waals surface area (Å²) in [6.45, 7) is 8.60. The second-order valence-corrected chi connectivity index (χ2v) is 12.5. The number of ether oxygens (including phenoxy) is 1. The van der Waals surface area contributed by atoms with E-state index >= 15 is 0 Å². The highest BCUT2D eigenvalue weighted by molar-refractivity contribution is 7.92. The summed E-state index contributed by atoms with van der Waals surface area (Å²) in [7, 11) is -2.03. The van der Waals surface area contributed by atoms with E-state index in [0.717, 1.165) is 41.0 Å². The topological polar surface area (TPSA) is 88.5 Å². The van der Waals surface area contributed by atoms with Crippen LogP contribution < -0.4 is 19.7 Å². The van der Waals surface area contributed by atoms with Crippen LogP contribution in [0.2, 0.25) is 0 Å². The molecule has 5 rings (SSSR count). The van der Waals surface area contributed by atoms with E-state index in [-0.39, 0.29) is 12.1 Å². The average Bonchev–Trinajstić information content (AvgIpc) is 3.43. The Labute approximate surface area is 247 Å². The maximum Gasteiger partial charge on any atom is 0.229 e. The van der Waals surface area contributed by atoms with Gasteiger partial charge < -0.3 is 19.5 Å². The molecule has 2 atom stereocenters. The lowest BCUT2D eigenvalue weighted by Gasteiger charge is -2.29. The molecule has 0 saturated carbocycles. The number of para-hydroxylation sites is 1. The molecule has 0 spiro atoms. The molecule has 0 amide bonds. The standard InChI is InChI=1S/C31H35N5O3S2/c1-7-22-12-10-11-19(2)29(22)35-20(3)17-24(21(35)4)30-28(25-13-8-9-16-32-25)33-31(40)36(30)23-14-15-27(39-5)26(18-23)34-41(6,37)38/h8-18,28,30,34H,7H2,1-6H3,(H,33,40)/t28-,30+/m0/s1. The lowest BCUT2D eigenvalue weighted by atomic mass is 9.96. The first-order valence-corrected chi connectivity index (χ1v) is 15.8. The van der Waals surface area contributed by atoms with E-state index in [4.69, 9.17) is 17.0 Å². The van der Waals surface area contributed by atoms with E-state index < -0.39 is 10.0 Å². The third-order valence-electron chi connectivity index (χ3n) is 7.57. The zero-order valence-corrected chi connectivity index (χ0v) is 25.7. The Bertz CT molecular complexity index is 1720. The van der Waals surface area contributed by atoms with Gasteiger partial charge in [0.25, 0.3) is 0 Å². The van der Waals surface area contributed by atoms with Gasteiger partial charge in [0.2, 0.25) is 10.0 Å². The molecule has 2 aromatic carbocycles. The summed E-state index contributed by atoms with van der Waals surface area (Å²) in [4.78, 5) is 6.73. The van der Waals surface area contributed by atoms with Crippen LogP contribution in [0.3, 0.4) is 0 Å². The van der Waals surface area contributed by atoms with E-state index in [9.17, 15) is 8.42 Å². The van der Waals surface area contributed by atoms with Gasteiger partial charge in [0.1, 0.15) is 5.75 Å². The fourth-order valence-corrected chi connectivity index (χ4v) is 6.74. The number of hydrogen-bond acceptors (Lipinski definition) is 5. The molecule has 4 aromatic rings. The molecule has 2 N–H and O–H groups in total. The van der Waals surface area contributed by atoms with E-state index in [1.165, 1.54) is 23.9 Å². The normalized spacial score (nSPS) is 17.0. The number of aromatic nitrogens is 2. The van der Waals surface area contributed by atoms with Crippen molar-refractivity contribution in [1.82, 2.24) is 14.9 Å². The molecular weight excluding hydrogens is 555 g/mol. The van der Waals surface area contributed by atoms with Gasteiger partial charge in [0.05, 0.1) is 42.5 Å². The Balaban J connectivity index is 1.71. The number of nitrogens with zero attached hydrogens (tertiary/aromatic N) is 3. The summed E-state index contributed by atoms with van der Waals surface area (Å²) in [6.07, 6.45) is 3.82. The van der Waals surface area contributed by atoms with Crippen molar-refractivity contribution in [3.8, 4) is 11.4 Å². The first-order chi connectivity index (χ1) is 19.5. The van der Waals surface area contributed by atoms with Crippen LogP contribution in [0.4, 0.5) is 11.4 Å². The van der Waals surface area contributed by atoms with Crippen LogP contribution in [-0.4, -0.2) is 36.4 Å². The second kappa shape index (κ2) is 11.2. The van der Waals surface area contributed by atoms with E-state index in [1.54, 1.807) is 18.3 Å². The SMILES string of the molecule is CCc1cccc(C)c1-n1c(C)cc([C@@H]2[C@H](c3ccccn3)NC(=S)N2c2ccc(OC)c(NS(C)(=O)=O)c2)c1C. The van der Waals surface area contributed by atoms with Crippen molar-refractivity contribution in [2.24, 2.45) is 0 Å². The first kappa shape index (κ1) is 28.6. The van der Waals surface area contributed by atoms with Crippen molar-refractivity contribution in [2.75, 3.05) is 23.0 Å². The summed E-state index contributed by atoms with van der Waals surface area (Å²) in [5, 5.41) is 4.03. The number of nitrogens with one attached hydrogen (secondary N) is 2. The summed E-state index contributed by atoms with van der Waals surface area (Å²) >= 11 is 5.94. The van der Waals surface area contributed by atoms with Crippen molar-refractivity contribution in [3.05, 3.63) is 101 Å². The van der Waals surface area contributed by atoms with Crippen molar-refractivity contribution < 1.29 is 13.2 Å². The van der Waals surface area contributed by atoms with Crippen LogP contribution in [0, 0.1) is 20.8 Å². The lowest BCUT2D eigenvalue weighted by Crippen LogP contribution is -2.29. The van der Waals surface area contributed by atoms with Gasteiger partial charge in [0, 0.05) is 23.3 Å². The van der Waals surface area contributed by atoms with Crippen molar-refractivity contribution >= 4 is 38.7 Å². The largest absolute Gasteiger partial charge is 0.495 e. The maximum absolute atomic E-state index is 12.2. The third kappa shape index (κ3) is 5.41. The number of methoxy groups -OCH3 is 1. The molecule has 0 radical (unpaired) electrons. The number of anilines is 2. The molecule has 1 aliphatic heterocycles. The first-order valence-electron chi connectivity index (χ1n) is 13.5. The van der Waals surface area contributed by atoms with Gasteiger partial charge >= 0.3 is 0 Å². The van der Waals surface area contributed by atoms with Crippen molar-refractivity contribution in [3.63, 3.8) is 0 Å². The molecule has 10 heteroatoms. The quantitative estimate of drug-likeness (QED) is 0.247. The van der Waals surface area contributed by atoms with Gasteiger partial charge in [-0.2, -0.15) is 0 Å². The predicted octanol–water partition coefficient (Wildman–Crippen LogP) is 5.92. The van der Waals surface area contributed by atoms with E-state index in [1.807, 2.05) is 29.2 Å². The molecule has 2 aromatic heterocycles. The fourth-order valence-electron chi connectivity index (χ4n) is 5.83. The summed E-state index contributed by atoms with van der Waals surface area (Å²) in [5.41, 5.74) is 8.95. The molecule has 41 heavy (non-hydrogen) atoms. The van der Waals surface area contributed by atoms with Gasteiger partial charge in [-0.15, -0.1) is 0 Å². The maximum atomic E-state index is 12.2. The Morgan fingerprint density at radius 3 is 2.51 bits per heavy atom. The minimum atomic E-state index is -3.54. The van der Waals surface area contributed by atoms with Crippen LogP contribution in [0.25, 0.3) is 5.69 Å². The number of benzene rings is 2. The van der Waals surface area contributed by atoms with Crippen LogP contribution in [0.1, 0.15) is 52.8 Å². The lowest BCUT2D eigenvalue weighted by molar-refractivity contribution is 0.417. The zero-order chi connectivity index (χ0) is 29.5. The molecule has 214 valence electrons. The monoisotopic (exact) mass is 589 g/mol. The summed E-state index contributed by atoms with van der Waals surface area (Å²) < 4.78 is 34.7. The molecule has 1 saturated heterocycles. The highest BCUT2D eigenvalue weighted by Crippen LogP contribution is 2.45. The highest BCUT2D eigenvalue weighted by atomic mass is 32.2. The number of thiocarbonyl (C=S) groups is 1. The van der Waals surface area contributed by atoms with Gasteiger partial charge in [0.15, 0.2) is 5.11 Å². The van der Waals surface area contributed by atoms with Crippen LogP contribution in [0.5, 0.6) is 5.75 Å². The smallest absolute Gasteiger partial charge is 0.229 e. The molecule has 1 fully saturated rings. The average molecular weight is 590 g/mol. The van der Waals surface area contributed by atoms with E-state index in [2.05, 4.69) is 71.6 Å². The number of rotatable bonds is 8. The third-order valence-corrected chi connectivity index (χ3v) is 8.47. The summed E-state index contributed by atoms with van der Waals surface area (Å²) in [5.74, 6) is 0.417. The fraction of sp³-hybridized carbons (Fsp3) is 0.290. The number of pyridine rings is 1.